The molecule has 2 rings (SSSR count). The van der Waals surface area contributed by atoms with Gasteiger partial charge in [0, 0.05) is 11.1 Å². The molecule has 22 heavy (non-hydrogen) atoms. The highest BCUT2D eigenvalue weighted by Crippen LogP contribution is 2.38. The highest BCUT2D eigenvalue weighted by Gasteiger charge is 2.46. The van der Waals surface area contributed by atoms with Crippen LogP contribution in [-0.4, -0.2) is 28.2 Å². The summed E-state index contributed by atoms with van der Waals surface area (Å²) in [6.07, 6.45) is 1.46. The summed E-state index contributed by atoms with van der Waals surface area (Å²) in [4.78, 5) is 8.91. The SMILES string of the molecule is Cc1cccc(C)c1N=C=NC1CC(C)(C)N([O])C(C)(C)C1. The number of hydrogen-bond donors (Lipinski definition) is 0. The summed E-state index contributed by atoms with van der Waals surface area (Å²) >= 11 is 0. The fourth-order valence-electron chi connectivity index (χ4n) is 3.44. The van der Waals surface area contributed by atoms with Crippen LogP contribution in [0.4, 0.5) is 5.69 Å². The number of aryl methyl sites for hydroxylation is 2. The van der Waals surface area contributed by atoms with Gasteiger partial charge in [0.1, 0.15) is 0 Å². The Bertz CT molecular complexity index is 575. The Balaban J connectivity index is 2.22. The molecule has 1 aromatic rings. The Hall–Kier alpha value is -1.48. The first-order valence-corrected chi connectivity index (χ1v) is 7.83. The molecule has 0 spiro atoms. The molecule has 1 radical (unpaired) electrons. The predicted octanol–water partition coefficient (Wildman–Crippen LogP) is 4.48. The monoisotopic (exact) mass is 300 g/mol. The molecule has 0 unspecified atom stereocenters. The average Bonchev–Trinajstić information content (AvgIpc) is 2.39. The third kappa shape index (κ3) is 3.46. The van der Waals surface area contributed by atoms with Crippen LogP contribution >= 0.6 is 0 Å². The molecule has 0 amide bonds. The Kier molecular flexibility index (Phi) is 4.57. The minimum atomic E-state index is -0.407. The van der Waals surface area contributed by atoms with Crippen molar-refractivity contribution in [3.63, 3.8) is 0 Å². The minimum absolute atomic E-state index is 0.0864. The number of hydrogen-bond acceptors (Lipinski definition) is 3. The van der Waals surface area contributed by atoms with Gasteiger partial charge in [-0.2, -0.15) is 4.99 Å². The van der Waals surface area contributed by atoms with E-state index in [0.717, 1.165) is 29.7 Å². The van der Waals surface area contributed by atoms with Crippen LogP contribution in [0.1, 0.15) is 51.7 Å². The Morgan fingerprint density at radius 2 is 1.59 bits per heavy atom. The van der Waals surface area contributed by atoms with Crippen molar-refractivity contribution in [2.24, 2.45) is 9.98 Å². The predicted molar refractivity (Wildman–Crippen MR) is 89.1 cm³/mol. The molecule has 1 saturated heterocycles. The minimum Gasteiger partial charge on any atom is -0.222 e. The van der Waals surface area contributed by atoms with Crippen molar-refractivity contribution in [2.75, 3.05) is 0 Å². The van der Waals surface area contributed by atoms with Crippen molar-refractivity contribution in [1.29, 1.82) is 0 Å². The summed E-state index contributed by atoms with van der Waals surface area (Å²) in [6, 6.07) is 9.06. The van der Waals surface area contributed by atoms with Crippen molar-refractivity contribution < 1.29 is 5.21 Å². The van der Waals surface area contributed by atoms with Gasteiger partial charge in [-0.3, -0.25) is 0 Å². The van der Waals surface area contributed by atoms with Crippen LogP contribution in [-0.2, 0) is 5.21 Å². The van der Waals surface area contributed by atoms with Gasteiger partial charge < -0.3 is 0 Å². The second kappa shape index (κ2) is 5.96. The van der Waals surface area contributed by atoms with E-state index in [1.54, 1.807) is 0 Å². The zero-order valence-corrected chi connectivity index (χ0v) is 14.5. The largest absolute Gasteiger partial charge is 0.222 e. The molecule has 1 aromatic carbocycles. The number of benzene rings is 1. The second-order valence-electron chi connectivity index (χ2n) is 7.56. The van der Waals surface area contributed by atoms with Crippen LogP contribution in [0.15, 0.2) is 28.2 Å². The van der Waals surface area contributed by atoms with E-state index >= 15 is 0 Å². The summed E-state index contributed by atoms with van der Waals surface area (Å²) in [5.41, 5.74) is 2.37. The van der Waals surface area contributed by atoms with Gasteiger partial charge in [-0.1, -0.05) is 18.2 Å². The number of para-hydroxylation sites is 1. The molecule has 0 aromatic heterocycles. The Morgan fingerprint density at radius 1 is 1.09 bits per heavy atom. The highest BCUT2D eigenvalue weighted by molar-refractivity contribution is 5.59. The molecule has 1 fully saturated rings. The lowest BCUT2D eigenvalue weighted by molar-refractivity contribution is -0.288. The summed E-state index contributed by atoms with van der Waals surface area (Å²) < 4.78 is 0. The van der Waals surface area contributed by atoms with Crippen LogP contribution in [0.25, 0.3) is 0 Å². The van der Waals surface area contributed by atoms with E-state index in [4.69, 9.17) is 0 Å². The summed E-state index contributed by atoms with van der Waals surface area (Å²) in [7, 11) is 0. The zero-order valence-electron chi connectivity index (χ0n) is 14.5. The van der Waals surface area contributed by atoms with Gasteiger partial charge in [0.25, 0.3) is 0 Å². The van der Waals surface area contributed by atoms with Crippen LogP contribution in [0.5, 0.6) is 0 Å². The zero-order chi connectivity index (χ0) is 16.5. The van der Waals surface area contributed by atoms with E-state index in [2.05, 4.69) is 16.0 Å². The quantitative estimate of drug-likeness (QED) is 0.743. The van der Waals surface area contributed by atoms with E-state index < -0.39 is 11.1 Å². The average molecular weight is 300 g/mol. The Morgan fingerprint density at radius 3 is 2.09 bits per heavy atom. The summed E-state index contributed by atoms with van der Waals surface area (Å²) in [5.74, 6) is 0. The lowest BCUT2D eigenvalue weighted by atomic mass is 9.79. The highest BCUT2D eigenvalue weighted by atomic mass is 16.5. The fourth-order valence-corrected chi connectivity index (χ4v) is 3.44. The van der Waals surface area contributed by atoms with Gasteiger partial charge in [-0.05, 0) is 65.5 Å². The normalized spacial score (nSPS) is 21.2. The number of piperidine rings is 1. The van der Waals surface area contributed by atoms with Crippen molar-refractivity contribution in [3.8, 4) is 0 Å². The van der Waals surface area contributed by atoms with E-state index in [-0.39, 0.29) is 6.04 Å². The molecule has 4 heteroatoms. The second-order valence-corrected chi connectivity index (χ2v) is 7.56. The first kappa shape index (κ1) is 16.9. The van der Waals surface area contributed by atoms with Crippen LogP contribution in [0.2, 0.25) is 0 Å². The topological polar surface area (TPSA) is 47.9 Å². The first-order chi connectivity index (χ1) is 10.1. The number of hydroxylamine groups is 2. The van der Waals surface area contributed by atoms with Gasteiger partial charge in [0.15, 0.2) is 0 Å². The molecule has 0 aliphatic carbocycles. The smallest absolute Gasteiger partial charge is 0.0952 e. The standard InChI is InChI=1S/C18H26N3O/c1-13-8-7-9-14(2)16(13)20-12-19-15-10-17(3,4)21(22)18(5,6)11-15/h7-9,15H,10-11H2,1-6H3. The van der Waals surface area contributed by atoms with E-state index in [1.807, 2.05) is 59.7 Å². The Labute approximate surface area is 133 Å². The number of aliphatic imine (C=N–C) groups is 2. The summed E-state index contributed by atoms with van der Waals surface area (Å²) in [5, 5.41) is 13.5. The third-order valence-corrected chi connectivity index (χ3v) is 4.41. The van der Waals surface area contributed by atoms with Gasteiger partial charge in [0.2, 0.25) is 0 Å². The molecule has 0 N–H and O–H groups in total. The fraction of sp³-hybridized carbons (Fsp3) is 0.611. The molecule has 0 saturated carbocycles. The van der Waals surface area contributed by atoms with Crippen LogP contribution in [0.3, 0.4) is 0 Å². The lowest BCUT2D eigenvalue weighted by Gasteiger charge is -2.48. The molecular weight excluding hydrogens is 274 g/mol. The van der Waals surface area contributed by atoms with Gasteiger partial charge >= 0.3 is 0 Å². The van der Waals surface area contributed by atoms with Crippen molar-refractivity contribution in [2.45, 2.75) is 71.5 Å². The molecule has 1 aliphatic rings. The summed E-state index contributed by atoms with van der Waals surface area (Å²) in [6.45, 7) is 12.0. The molecule has 1 aliphatic heterocycles. The molecular formula is C18H26N3O. The van der Waals surface area contributed by atoms with E-state index in [0.29, 0.717) is 0 Å². The molecule has 4 nitrogen and oxygen atoms in total. The third-order valence-electron chi connectivity index (χ3n) is 4.41. The van der Waals surface area contributed by atoms with Crippen molar-refractivity contribution in [1.82, 2.24) is 5.06 Å². The number of nitrogens with zero attached hydrogens (tertiary/aromatic N) is 3. The van der Waals surface area contributed by atoms with Crippen LogP contribution < -0.4 is 0 Å². The molecule has 0 atom stereocenters. The van der Waals surface area contributed by atoms with Gasteiger partial charge in [-0.15, -0.1) is 10.3 Å². The van der Waals surface area contributed by atoms with Crippen molar-refractivity contribution in [3.05, 3.63) is 29.3 Å². The van der Waals surface area contributed by atoms with Crippen LogP contribution in [0, 0.1) is 13.8 Å². The molecule has 1 heterocycles. The maximum atomic E-state index is 12.3. The molecule has 0 bridgehead atoms. The maximum absolute atomic E-state index is 12.3. The van der Waals surface area contributed by atoms with E-state index in [9.17, 15) is 5.21 Å². The number of rotatable bonds is 2. The van der Waals surface area contributed by atoms with Gasteiger partial charge in [-0.25, -0.2) is 4.99 Å². The maximum Gasteiger partial charge on any atom is 0.0952 e. The molecule has 119 valence electrons. The van der Waals surface area contributed by atoms with E-state index in [1.165, 1.54) is 5.06 Å². The van der Waals surface area contributed by atoms with Crippen molar-refractivity contribution >= 4 is 11.7 Å². The van der Waals surface area contributed by atoms with Gasteiger partial charge in [0.05, 0.1) is 17.7 Å². The lowest BCUT2D eigenvalue weighted by Crippen LogP contribution is -2.59. The first-order valence-electron chi connectivity index (χ1n) is 7.83.